The molecule has 0 saturated carbocycles. The zero-order valence-electron chi connectivity index (χ0n) is 20.1. The third kappa shape index (κ3) is 3.39. The lowest BCUT2D eigenvalue weighted by atomic mass is 9.75. The molecule has 0 bridgehead atoms. The van der Waals surface area contributed by atoms with E-state index in [-0.39, 0.29) is 18.4 Å². The van der Waals surface area contributed by atoms with Crippen molar-refractivity contribution in [2.75, 3.05) is 27.3 Å². The topological polar surface area (TPSA) is 76.2 Å². The summed E-state index contributed by atoms with van der Waals surface area (Å²) in [6.45, 7) is 2.68. The van der Waals surface area contributed by atoms with E-state index in [1.54, 1.807) is 14.0 Å². The summed E-state index contributed by atoms with van der Waals surface area (Å²) in [6, 6.07) is 12.9. The molecule has 3 aliphatic heterocycles. The molecule has 4 atom stereocenters. The number of hydrogen-bond donors (Lipinski definition) is 0. The van der Waals surface area contributed by atoms with E-state index >= 15 is 0 Å². The second-order valence-electron chi connectivity index (χ2n) is 9.41. The molecule has 2 aromatic carbocycles. The number of imide groups is 1. The first-order chi connectivity index (χ1) is 16.9. The average Bonchev–Trinajstić information content (AvgIpc) is 3.33. The fourth-order valence-electron chi connectivity index (χ4n) is 6.51. The second-order valence-corrected chi connectivity index (χ2v) is 9.84. The summed E-state index contributed by atoms with van der Waals surface area (Å²) in [6.07, 6.45) is 2.17. The van der Waals surface area contributed by atoms with Crippen molar-refractivity contribution < 1.29 is 23.9 Å². The van der Waals surface area contributed by atoms with E-state index < -0.39 is 29.4 Å². The molecule has 35 heavy (non-hydrogen) atoms. The standard InChI is InChI=1S/C27H29ClN2O5/c1-4-29-24(31)21-22(25(29)32)27(26(33)35-3)12-5-6-13-30(27)23(21)17-10-11-19(20(15-17)34-2)16-8-7-9-18(28)14-16/h7-11,14-15,21-23H,4-6,12-13H2,1-3H3/t21-,22-,23+,27-/m0/s1. The van der Waals surface area contributed by atoms with Crippen molar-refractivity contribution in [3.8, 4) is 16.9 Å². The molecule has 5 rings (SSSR count). The van der Waals surface area contributed by atoms with Crippen LogP contribution >= 0.6 is 11.6 Å². The molecule has 0 spiro atoms. The van der Waals surface area contributed by atoms with Gasteiger partial charge in [0, 0.05) is 23.2 Å². The number of carbonyl (C=O) groups excluding carboxylic acids is 3. The molecule has 2 amide bonds. The number of methoxy groups -OCH3 is 2. The Balaban J connectivity index is 1.66. The molecular formula is C27H29ClN2O5. The van der Waals surface area contributed by atoms with Gasteiger partial charge in [-0.1, -0.05) is 35.9 Å². The smallest absolute Gasteiger partial charge is 0.327 e. The van der Waals surface area contributed by atoms with Crippen LogP contribution in [0.1, 0.15) is 37.8 Å². The molecule has 2 aromatic rings. The molecule has 7 nitrogen and oxygen atoms in total. The first kappa shape index (κ1) is 23.8. The van der Waals surface area contributed by atoms with Crippen LogP contribution in [0.15, 0.2) is 42.5 Å². The molecule has 0 unspecified atom stereocenters. The summed E-state index contributed by atoms with van der Waals surface area (Å²) < 4.78 is 11.0. The maximum Gasteiger partial charge on any atom is 0.327 e. The summed E-state index contributed by atoms with van der Waals surface area (Å²) in [5, 5.41) is 0.623. The van der Waals surface area contributed by atoms with E-state index in [4.69, 9.17) is 21.1 Å². The van der Waals surface area contributed by atoms with Crippen LogP contribution in [-0.4, -0.2) is 60.4 Å². The third-order valence-electron chi connectivity index (χ3n) is 7.91. The second kappa shape index (κ2) is 8.95. The van der Waals surface area contributed by atoms with Gasteiger partial charge in [-0.25, -0.2) is 0 Å². The zero-order chi connectivity index (χ0) is 24.9. The summed E-state index contributed by atoms with van der Waals surface area (Å²) >= 11 is 6.21. The monoisotopic (exact) mass is 496 g/mol. The SMILES string of the molecule is CCN1C(=O)[C@@H]2[C@@H](c3ccc(-c4cccc(Cl)c4)c(OC)c3)N3CCCC[C@@]3(C(=O)OC)[C@@H]2C1=O. The Hall–Kier alpha value is -2.90. The molecule has 0 aliphatic carbocycles. The highest BCUT2D eigenvalue weighted by atomic mass is 35.5. The molecule has 3 fully saturated rings. The van der Waals surface area contributed by atoms with Crippen LogP contribution in [0.2, 0.25) is 5.02 Å². The van der Waals surface area contributed by atoms with Gasteiger partial charge in [0.1, 0.15) is 11.3 Å². The highest BCUT2D eigenvalue weighted by Crippen LogP contribution is 2.58. The first-order valence-electron chi connectivity index (χ1n) is 12.0. The maximum absolute atomic E-state index is 13.6. The zero-order valence-corrected chi connectivity index (χ0v) is 20.9. The Morgan fingerprint density at radius 1 is 1.11 bits per heavy atom. The van der Waals surface area contributed by atoms with Crippen LogP contribution in [0.3, 0.4) is 0 Å². The minimum atomic E-state index is -1.14. The molecule has 0 N–H and O–H groups in total. The molecule has 0 radical (unpaired) electrons. The van der Waals surface area contributed by atoms with Gasteiger partial charge in [0.25, 0.3) is 0 Å². The van der Waals surface area contributed by atoms with Gasteiger partial charge in [-0.15, -0.1) is 0 Å². The molecule has 184 valence electrons. The highest BCUT2D eigenvalue weighted by molar-refractivity contribution is 6.30. The molecule has 3 heterocycles. The van der Waals surface area contributed by atoms with Crippen molar-refractivity contribution in [3.05, 3.63) is 53.1 Å². The van der Waals surface area contributed by atoms with E-state index in [1.165, 1.54) is 12.0 Å². The minimum Gasteiger partial charge on any atom is -0.496 e. The van der Waals surface area contributed by atoms with E-state index in [0.29, 0.717) is 23.7 Å². The molecule has 3 saturated heterocycles. The Morgan fingerprint density at radius 2 is 1.91 bits per heavy atom. The number of rotatable bonds is 5. The summed E-state index contributed by atoms with van der Waals surface area (Å²) in [5.74, 6) is -1.70. The van der Waals surface area contributed by atoms with E-state index in [0.717, 1.165) is 29.5 Å². The van der Waals surface area contributed by atoms with Gasteiger partial charge in [-0.3, -0.25) is 24.2 Å². The van der Waals surface area contributed by atoms with Crippen LogP contribution in [0.25, 0.3) is 11.1 Å². The van der Waals surface area contributed by atoms with Gasteiger partial charge in [0.15, 0.2) is 0 Å². The molecule has 3 aliphatic rings. The largest absolute Gasteiger partial charge is 0.496 e. The maximum atomic E-state index is 13.6. The van der Waals surface area contributed by atoms with Crippen molar-refractivity contribution in [2.45, 2.75) is 37.8 Å². The predicted octanol–water partition coefficient (Wildman–Crippen LogP) is 4.09. The van der Waals surface area contributed by atoms with E-state index in [9.17, 15) is 14.4 Å². The number of carbonyl (C=O) groups is 3. The van der Waals surface area contributed by atoms with E-state index in [1.807, 2.05) is 42.5 Å². The molecule has 0 aromatic heterocycles. The highest BCUT2D eigenvalue weighted by Gasteiger charge is 2.72. The van der Waals surface area contributed by atoms with Gasteiger partial charge in [-0.05, 0) is 62.1 Å². The van der Waals surface area contributed by atoms with Crippen molar-refractivity contribution in [1.82, 2.24) is 9.80 Å². The van der Waals surface area contributed by atoms with Gasteiger partial charge in [-0.2, -0.15) is 0 Å². The third-order valence-corrected chi connectivity index (χ3v) is 8.15. The Bertz CT molecular complexity index is 1200. The van der Waals surface area contributed by atoms with Crippen LogP contribution < -0.4 is 4.74 Å². The number of piperidine rings is 1. The summed E-state index contributed by atoms with van der Waals surface area (Å²) in [7, 11) is 2.96. The summed E-state index contributed by atoms with van der Waals surface area (Å²) in [4.78, 5) is 43.8. The van der Waals surface area contributed by atoms with Crippen molar-refractivity contribution >= 4 is 29.4 Å². The number of ether oxygens (including phenoxy) is 2. The van der Waals surface area contributed by atoms with Crippen molar-refractivity contribution in [2.24, 2.45) is 11.8 Å². The fourth-order valence-corrected chi connectivity index (χ4v) is 6.70. The molecular weight excluding hydrogens is 468 g/mol. The number of amides is 2. The van der Waals surface area contributed by atoms with Crippen LogP contribution in [0.4, 0.5) is 0 Å². The number of nitrogens with zero attached hydrogens (tertiary/aromatic N) is 2. The normalized spacial score (nSPS) is 28.1. The van der Waals surface area contributed by atoms with Crippen LogP contribution in [0, 0.1) is 11.8 Å². The Labute approximate surface area is 209 Å². The lowest BCUT2D eigenvalue weighted by Crippen LogP contribution is -2.59. The van der Waals surface area contributed by atoms with Gasteiger partial charge < -0.3 is 9.47 Å². The predicted molar refractivity (Wildman–Crippen MR) is 131 cm³/mol. The fraction of sp³-hybridized carbons (Fsp3) is 0.444. The van der Waals surface area contributed by atoms with Gasteiger partial charge in [0.05, 0.1) is 26.1 Å². The number of esters is 1. The number of hydrogen-bond acceptors (Lipinski definition) is 6. The number of benzene rings is 2. The number of fused-ring (bicyclic) bond motifs is 3. The summed E-state index contributed by atoms with van der Waals surface area (Å²) in [5.41, 5.74) is 1.48. The minimum absolute atomic E-state index is 0.219. The van der Waals surface area contributed by atoms with Gasteiger partial charge in [0.2, 0.25) is 11.8 Å². The van der Waals surface area contributed by atoms with Crippen LogP contribution in [0.5, 0.6) is 5.75 Å². The van der Waals surface area contributed by atoms with Crippen LogP contribution in [-0.2, 0) is 19.1 Å². The number of likely N-dealkylation sites (tertiary alicyclic amines) is 1. The Morgan fingerprint density at radius 3 is 2.60 bits per heavy atom. The quantitative estimate of drug-likeness (QED) is 0.458. The number of halogens is 1. The van der Waals surface area contributed by atoms with E-state index in [2.05, 4.69) is 4.90 Å². The van der Waals surface area contributed by atoms with Crippen molar-refractivity contribution in [1.29, 1.82) is 0 Å². The molecule has 8 heteroatoms. The van der Waals surface area contributed by atoms with Gasteiger partial charge >= 0.3 is 5.97 Å². The Kier molecular flexibility index (Phi) is 6.09. The lowest BCUT2D eigenvalue weighted by Gasteiger charge is -2.44. The first-order valence-corrected chi connectivity index (χ1v) is 12.4. The lowest BCUT2D eigenvalue weighted by molar-refractivity contribution is -0.164. The van der Waals surface area contributed by atoms with Crippen molar-refractivity contribution in [3.63, 3.8) is 0 Å². The average molecular weight is 497 g/mol.